The van der Waals surface area contributed by atoms with E-state index in [0.717, 1.165) is 5.56 Å². The standard InChI is InChI=1S/C15H22FNO3/c1-10(2)6-12(18)8-17-15(19)9-20-14-7-11(3)4-5-13(14)16/h4-5,7,10,12,18H,6,8-9H2,1-3H3,(H,17,19). The molecule has 0 heterocycles. The summed E-state index contributed by atoms with van der Waals surface area (Å²) >= 11 is 0. The quantitative estimate of drug-likeness (QED) is 0.805. The number of carbonyl (C=O) groups is 1. The Hall–Kier alpha value is -1.62. The predicted molar refractivity (Wildman–Crippen MR) is 75.1 cm³/mol. The van der Waals surface area contributed by atoms with E-state index in [-0.39, 0.29) is 24.8 Å². The van der Waals surface area contributed by atoms with Crippen molar-refractivity contribution in [1.82, 2.24) is 5.32 Å². The van der Waals surface area contributed by atoms with Crippen molar-refractivity contribution < 1.29 is 19.0 Å². The summed E-state index contributed by atoms with van der Waals surface area (Å²) in [5.74, 6) is -0.459. The lowest BCUT2D eigenvalue weighted by molar-refractivity contribution is -0.123. The van der Waals surface area contributed by atoms with Gasteiger partial charge in [-0.3, -0.25) is 4.79 Å². The van der Waals surface area contributed by atoms with Crippen molar-refractivity contribution in [3.05, 3.63) is 29.6 Å². The maximum Gasteiger partial charge on any atom is 0.258 e. The van der Waals surface area contributed by atoms with Crippen molar-refractivity contribution in [2.75, 3.05) is 13.2 Å². The minimum absolute atomic E-state index is 0.0582. The van der Waals surface area contributed by atoms with Crippen molar-refractivity contribution in [2.45, 2.75) is 33.3 Å². The second-order valence-electron chi connectivity index (χ2n) is 5.31. The van der Waals surface area contributed by atoms with E-state index < -0.39 is 11.9 Å². The first-order chi connectivity index (χ1) is 9.38. The van der Waals surface area contributed by atoms with Crippen molar-refractivity contribution in [3.8, 4) is 5.75 Å². The van der Waals surface area contributed by atoms with Crippen LogP contribution in [0.1, 0.15) is 25.8 Å². The van der Waals surface area contributed by atoms with Crippen LogP contribution in [-0.4, -0.2) is 30.3 Å². The smallest absolute Gasteiger partial charge is 0.258 e. The molecular weight excluding hydrogens is 261 g/mol. The maximum atomic E-state index is 13.4. The molecule has 5 heteroatoms. The predicted octanol–water partition coefficient (Wildman–Crippen LogP) is 2.04. The summed E-state index contributed by atoms with van der Waals surface area (Å²) in [6.07, 6.45) is 0.0443. The summed E-state index contributed by atoms with van der Waals surface area (Å²) in [4.78, 5) is 11.5. The minimum Gasteiger partial charge on any atom is -0.481 e. The zero-order valence-corrected chi connectivity index (χ0v) is 12.1. The van der Waals surface area contributed by atoms with Crippen LogP contribution in [-0.2, 0) is 4.79 Å². The van der Waals surface area contributed by atoms with E-state index in [1.54, 1.807) is 6.07 Å². The highest BCUT2D eigenvalue weighted by Crippen LogP contribution is 2.17. The molecule has 1 atom stereocenters. The zero-order chi connectivity index (χ0) is 15.1. The average molecular weight is 283 g/mol. The molecule has 0 saturated carbocycles. The molecule has 0 aliphatic rings. The molecule has 0 radical (unpaired) electrons. The molecule has 0 bridgehead atoms. The monoisotopic (exact) mass is 283 g/mol. The molecular formula is C15H22FNO3. The number of amides is 1. The lowest BCUT2D eigenvalue weighted by atomic mass is 10.1. The van der Waals surface area contributed by atoms with Crippen LogP contribution in [0.3, 0.4) is 0 Å². The highest BCUT2D eigenvalue weighted by atomic mass is 19.1. The number of carbonyl (C=O) groups excluding carboxylic acids is 1. The van der Waals surface area contributed by atoms with Crippen LogP contribution in [0.5, 0.6) is 5.75 Å². The van der Waals surface area contributed by atoms with Gasteiger partial charge in [-0.2, -0.15) is 0 Å². The summed E-state index contributed by atoms with van der Waals surface area (Å²) in [7, 11) is 0. The number of ether oxygens (including phenoxy) is 1. The number of hydrogen-bond acceptors (Lipinski definition) is 3. The summed E-state index contributed by atoms with van der Waals surface area (Å²) in [6, 6.07) is 4.47. The van der Waals surface area contributed by atoms with E-state index in [2.05, 4.69) is 5.32 Å². The van der Waals surface area contributed by atoms with Crippen LogP contribution in [0.2, 0.25) is 0 Å². The molecule has 0 saturated heterocycles. The summed E-state index contributed by atoms with van der Waals surface area (Å²) < 4.78 is 18.5. The Balaban J connectivity index is 2.34. The molecule has 1 unspecified atom stereocenters. The average Bonchev–Trinajstić information content (AvgIpc) is 2.36. The van der Waals surface area contributed by atoms with Crippen LogP contribution < -0.4 is 10.1 Å². The van der Waals surface area contributed by atoms with E-state index in [4.69, 9.17) is 4.74 Å². The number of aliphatic hydroxyl groups is 1. The number of rotatable bonds is 7. The molecule has 1 amide bonds. The van der Waals surface area contributed by atoms with E-state index in [0.29, 0.717) is 12.3 Å². The van der Waals surface area contributed by atoms with Crippen molar-refractivity contribution >= 4 is 5.91 Å². The molecule has 0 spiro atoms. The van der Waals surface area contributed by atoms with Gasteiger partial charge in [0.1, 0.15) is 0 Å². The van der Waals surface area contributed by atoms with E-state index >= 15 is 0 Å². The van der Waals surface area contributed by atoms with Crippen molar-refractivity contribution in [3.63, 3.8) is 0 Å². The van der Waals surface area contributed by atoms with Gasteiger partial charge in [0.05, 0.1) is 6.10 Å². The zero-order valence-electron chi connectivity index (χ0n) is 12.1. The van der Waals surface area contributed by atoms with E-state index in [9.17, 15) is 14.3 Å². The van der Waals surface area contributed by atoms with Crippen LogP contribution >= 0.6 is 0 Å². The third-order valence-corrected chi connectivity index (χ3v) is 2.72. The van der Waals surface area contributed by atoms with Crippen LogP contribution in [0.15, 0.2) is 18.2 Å². The Labute approximate surface area is 119 Å². The van der Waals surface area contributed by atoms with Gasteiger partial charge >= 0.3 is 0 Å². The van der Waals surface area contributed by atoms with Crippen molar-refractivity contribution in [1.29, 1.82) is 0 Å². The lowest BCUT2D eigenvalue weighted by Crippen LogP contribution is -2.35. The first-order valence-corrected chi connectivity index (χ1v) is 6.72. The molecule has 0 aromatic heterocycles. The molecule has 0 aliphatic carbocycles. The fourth-order valence-corrected chi connectivity index (χ4v) is 1.77. The minimum atomic E-state index is -0.574. The molecule has 1 aromatic rings. The SMILES string of the molecule is Cc1ccc(F)c(OCC(=O)NCC(O)CC(C)C)c1. The first-order valence-electron chi connectivity index (χ1n) is 6.72. The molecule has 2 N–H and O–H groups in total. The van der Waals surface area contributed by atoms with Gasteiger partial charge in [-0.25, -0.2) is 4.39 Å². The Kier molecular flexibility index (Phi) is 6.45. The highest BCUT2D eigenvalue weighted by Gasteiger charge is 2.10. The van der Waals surface area contributed by atoms with Gasteiger partial charge in [0, 0.05) is 6.54 Å². The summed E-state index contributed by atoms with van der Waals surface area (Å²) in [5, 5.41) is 12.2. The summed E-state index contributed by atoms with van der Waals surface area (Å²) in [5.41, 5.74) is 0.856. The van der Waals surface area contributed by atoms with Gasteiger partial charge in [0.2, 0.25) is 0 Å². The normalized spacial score (nSPS) is 12.3. The largest absolute Gasteiger partial charge is 0.481 e. The van der Waals surface area contributed by atoms with Gasteiger partial charge in [0.15, 0.2) is 18.2 Å². The van der Waals surface area contributed by atoms with Gasteiger partial charge < -0.3 is 15.2 Å². The van der Waals surface area contributed by atoms with Crippen LogP contribution in [0.25, 0.3) is 0 Å². The fraction of sp³-hybridized carbons (Fsp3) is 0.533. The van der Waals surface area contributed by atoms with Gasteiger partial charge in [-0.05, 0) is 37.0 Å². The molecule has 1 aromatic carbocycles. The Morgan fingerprint density at radius 3 is 2.80 bits per heavy atom. The van der Waals surface area contributed by atoms with Gasteiger partial charge in [-0.1, -0.05) is 19.9 Å². The molecule has 20 heavy (non-hydrogen) atoms. The molecule has 1 rings (SSSR count). The third-order valence-electron chi connectivity index (χ3n) is 2.72. The Bertz CT molecular complexity index is 449. The Morgan fingerprint density at radius 2 is 2.15 bits per heavy atom. The number of benzene rings is 1. The van der Waals surface area contributed by atoms with Gasteiger partial charge in [0.25, 0.3) is 5.91 Å². The second kappa shape index (κ2) is 7.85. The first kappa shape index (κ1) is 16.4. The number of nitrogens with one attached hydrogen (secondary N) is 1. The van der Waals surface area contributed by atoms with E-state index in [1.165, 1.54) is 12.1 Å². The topological polar surface area (TPSA) is 58.6 Å². The van der Waals surface area contributed by atoms with Crippen LogP contribution in [0.4, 0.5) is 4.39 Å². The number of aliphatic hydroxyl groups excluding tert-OH is 1. The van der Waals surface area contributed by atoms with Crippen LogP contribution in [0, 0.1) is 18.7 Å². The molecule has 112 valence electrons. The summed E-state index contributed by atoms with van der Waals surface area (Å²) in [6.45, 7) is 5.71. The fourth-order valence-electron chi connectivity index (χ4n) is 1.77. The van der Waals surface area contributed by atoms with Crippen molar-refractivity contribution in [2.24, 2.45) is 5.92 Å². The molecule has 0 aliphatic heterocycles. The number of hydrogen-bond donors (Lipinski definition) is 2. The number of halogens is 1. The second-order valence-corrected chi connectivity index (χ2v) is 5.31. The maximum absolute atomic E-state index is 13.4. The third kappa shape index (κ3) is 6.02. The Morgan fingerprint density at radius 1 is 1.45 bits per heavy atom. The number of aryl methyl sites for hydroxylation is 1. The lowest BCUT2D eigenvalue weighted by Gasteiger charge is -2.14. The van der Waals surface area contributed by atoms with Gasteiger partial charge in [-0.15, -0.1) is 0 Å². The highest BCUT2D eigenvalue weighted by molar-refractivity contribution is 5.77. The molecule has 0 fully saturated rings. The van der Waals surface area contributed by atoms with E-state index in [1.807, 2.05) is 20.8 Å². The molecule has 4 nitrogen and oxygen atoms in total.